The number of fused-ring (bicyclic) bond motifs is 1. The Morgan fingerprint density at radius 2 is 2.24 bits per heavy atom. The number of carbonyl (C=O) groups is 1. The largest absolute Gasteiger partial charge is 0.493 e. The second-order valence-electron chi connectivity index (χ2n) is 4.31. The fraction of sp³-hybridized carbons (Fsp3) is 0.357. The van der Waals surface area contributed by atoms with E-state index in [2.05, 4.69) is 0 Å². The van der Waals surface area contributed by atoms with Crippen LogP contribution in [0.3, 0.4) is 0 Å². The molecule has 0 saturated heterocycles. The first kappa shape index (κ1) is 11.7. The van der Waals surface area contributed by atoms with Gasteiger partial charge in [0.15, 0.2) is 11.3 Å². The van der Waals surface area contributed by atoms with E-state index in [0.29, 0.717) is 6.42 Å². The molecular weight excluding hydrogens is 216 g/mol. The first-order valence-electron chi connectivity index (χ1n) is 5.67. The van der Waals surface area contributed by atoms with Gasteiger partial charge in [0, 0.05) is 11.3 Å². The number of Topliss-reactive ketones (excluding diaryl/α,β-unsaturated/α-hetero) is 1. The summed E-state index contributed by atoms with van der Waals surface area (Å²) < 4.78 is 10.7. The monoisotopic (exact) mass is 232 g/mol. The van der Waals surface area contributed by atoms with Crippen LogP contribution in [0.5, 0.6) is 5.75 Å². The third-order valence-electron chi connectivity index (χ3n) is 3.08. The minimum atomic E-state index is 0.0157. The lowest BCUT2D eigenvalue weighted by molar-refractivity contribution is -0.120. The van der Waals surface area contributed by atoms with Crippen LogP contribution in [-0.2, 0) is 11.2 Å². The summed E-state index contributed by atoms with van der Waals surface area (Å²) in [5.41, 5.74) is 1.81. The topological polar surface area (TPSA) is 39.4 Å². The Bertz CT molecular complexity index is 539. The Balaban J connectivity index is 2.40. The van der Waals surface area contributed by atoms with E-state index in [9.17, 15) is 4.79 Å². The fourth-order valence-electron chi connectivity index (χ4n) is 1.88. The fourth-order valence-corrected chi connectivity index (χ4v) is 1.88. The van der Waals surface area contributed by atoms with Gasteiger partial charge >= 0.3 is 0 Å². The van der Waals surface area contributed by atoms with E-state index in [1.165, 1.54) is 0 Å². The van der Waals surface area contributed by atoms with Gasteiger partial charge in [-0.1, -0.05) is 19.1 Å². The zero-order valence-corrected chi connectivity index (χ0v) is 10.3. The van der Waals surface area contributed by atoms with Gasteiger partial charge < -0.3 is 9.15 Å². The molecule has 1 atom stereocenters. The van der Waals surface area contributed by atoms with Gasteiger partial charge in [0.2, 0.25) is 0 Å². The lowest BCUT2D eigenvalue weighted by Crippen LogP contribution is -2.08. The van der Waals surface area contributed by atoms with Gasteiger partial charge in [-0.15, -0.1) is 0 Å². The Morgan fingerprint density at radius 3 is 2.88 bits per heavy atom. The van der Waals surface area contributed by atoms with E-state index in [4.69, 9.17) is 9.15 Å². The smallest absolute Gasteiger partial charge is 0.175 e. The van der Waals surface area contributed by atoms with Crippen LogP contribution in [0.1, 0.15) is 19.4 Å². The quantitative estimate of drug-likeness (QED) is 0.812. The molecule has 0 fully saturated rings. The Morgan fingerprint density at radius 1 is 1.47 bits per heavy atom. The first-order chi connectivity index (χ1) is 8.13. The Labute approximate surface area is 100 Å². The van der Waals surface area contributed by atoms with Crippen LogP contribution in [-0.4, -0.2) is 12.9 Å². The van der Waals surface area contributed by atoms with Crippen molar-refractivity contribution in [2.45, 2.75) is 20.3 Å². The highest BCUT2D eigenvalue weighted by Crippen LogP contribution is 2.30. The summed E-state index contributed by atoms with van der Waals surface area (Å²) in [6.45, 7) is 3.55. The van der Waals surface area contributed by atoms with Gasteiger partial charge in [-0.25, -0.2) is 0 Å². The molecule has 1 heterocycles. The van der Waals surface area contributed by atoms with Crippen LogP contribution in [0.2, 0.25) is 0 Å². The van der Waals surface area contributed by atoms with Crippen molar-refractivity contribution in [3.8, 4) is 5.75 Å². The number of carbonyl (C=O) groups excluding carboxylic acids is 1. The molecule has 3 heteroatoms. The number of rotatable bonds is 4. The van der Waals surface area contributed by atoms with E-state index < -0.39 is 0 Å². The lowest BCUT2D eigenvalue weighted by Gasteiger charge is -2.05. The minimum Gasteiger partial charge on any atom is -0.493 e. The van der Waals surface area contributed by atoms with E-state index in [0.717, 1.165) is 22.3 Å². The molecule has 2 rings (SSSR count). The van der Waals surface area contributed by atoms with Crippen molar-refractivity contribution in [1.29, 1.82) is 0 Å². The molecule has 0 aliphatic heterocycles. The molecule has 3 nitrogen and oxygen atoms in total. The van der Waals surface area contributed by atoms with Crippen LogP contribution < -0.4 is 4.74 Å². The number of furan rings is 1. The number of ether oxygens (including phenoxy) is 1. The molecule has 0 bridgehead atoms. The SMILES string of the molecule is COc1cccc2c(C[C@H](C)C(C)=O)coc12. The zero-order chi connectivity index (χ0) is 12.4. The molecule has 0 aliphatic carbocycles. The van der Waals surface area contributed by atoms with E-state index >= 15 is 0 Å². The second-order valence-corrected chi connectivity index (χ2v) is 4.31. The van der Waals surface area contributed by atoms with Crippen molar-refractivity contribution in [3.63, 3.8) is 0 Å². The van der Waals surface area contributed by atoms with Crippen LogP contribution in [0.25, 0.3) is 11.0 Å². The summed E-state index contributed by atoms with van der Waals surface area (Å²) >= 11 is 0. The summed E-state index contributed by atoms with van der Waals surface area (Å²) in [7, 11) is 1.62. The summed E-state index contributed by atoms with van der Waals surface area (Å²) in [6.07, 6.45) is 2.42. The molecule has 0 saturated carbocycles. The normalized spacial score (nSPS) is 12.6. The molecule has 0 spiro atoms. The predicted molar refractivity (Wildman–Crippen MR) is 66.3 cm³/mol. The number of benzene rings is 1. The van der Waals surface area contributed by atoms with Crippen LogP contribution in [0, 0.1) is 5.92 Å². The highest BCUT2D eigenvalue weighted by atomic mass is 16.5. The molecule has 1 aromatic carbocycles. The number of ketones is 1. The van der Waals surface area contributed by atoms with Crippen molar-refractivity contribution in [3.05, 3.63) is 30.0 Å². The van der Waals surface area contributed by atoms with Crippen LogP contribution >= 0.6 is 0 Å². The van der Waals surface area contributed by atoms with Crippen molar-refractivity contribution < 1.29 is 13.9 Å². The van der Waals surface area contributed by atoms with Gasteiger partial charge in [0.25, 0.3) is 0 Å². The molecule has 0 N–H and O–H groups in total. The van der Waals surface area contributed by atoms with Crippen molar-refractivity contribution in [2.75, 3.05) is 7.11 Å². The molecule has 90 valence electrons. The summed E-state index contributed by atoms with van der Waals surface area (Å²) in [5, 5.41) is 1.03. The van der Waals surface area contributed by atoms with E-state index in [1.807, 2.05) is 25.1 Å². The number of hydrogen-bond acceptors (Lipinski definition) is 3. The highest BCUT2D eigenvalue weighted by molar-refractivity contribution is 5.87. The summed E-state index contributed by atoms with van der Waals surface area (Å²) in [6, 6.07) is 5.78. The lowest BCUT2D eigenvalue weighted by atomic mass is 9.97. The van der Waals surface area contributed by atoms with Gasteiger partial charge in [-0.3, -0.25) is 4.79 Å². The third kappa shape index (κ3) is 2.18. The maximum Gasteiger partial charge on any atom is 0.175 e. The number of methoxy groups -OCH3 is 1. The van der Waals surface area contributed by atoms with Crippen molar-refractivity contribution in [2.24, 2.45) is 5.92 Å². The predicted octanol–water partition coefficient (Wildman–Crippen LogP) is 3.21. The average Bonchev–Trinajstić information content (AvgIpc) is 2.72. The Kier molecular flexibility index (Phi) is 3.18. The summed E-state index contributed by atoms with van der Waals surface area (Å²) in [4.78, 5) is 11.3. The maximum atomic E-state index is 11.3. The van der Waals surface area contributed by atoms with E-state index in [1.54, 1.807) is 20.3 Å². The second kappa shape index (κ2) is 4.62. The van der Waals surface area contributed by atoms with E-state index in [-0.39, 0.29) is 11.7 Å². The van der Waals surface area contributed by atoms with Crippen LogP contribution in [0.4, 0.5) is 0 Å². The third-order valence-corrected chi connectivity index (χ3v) is 3.08. The molecule has 17 heavy (non-hydrogen) atoms. The molecule has 0 radical (unpaired) electrons. The summed E-state index contributed by atoms with van der Waals surface area (Å²) in [5.74, 6) is 0.938. The van der Waals surface area contributed by atoms with Gasteiger partial charge in [-0.05, 0) is 25.0 Å². The van der Waals surface area contributed by atoms with Gasteiger partial charge in [0.05, 0.1) is 13.4 Å². The number of para-hydroxylation sites is 1. The molecule has 0 aliphatic rings. The average molecular weight is 232 g/mol. The van der Waals surface area contributed by atoms with Gasteiger partial charge in [0.1, 0.15) is 5.78 Å². The Hall–Kier alpha value is -1.77. The standard InChI is InChI=1S/C14H16O3/c1-9(10(2)15)7-11-8-17-14-12(11)5-4-6-13(14)16-3/h4-6,8-9H,7H2,1-3H3/t9-/m0/s1. The van der Waals surface area contributed by atoms with Crippen molar-refractivity contribution in [1.82, 2.24) is 0 Å². The molecule has 1 aromatic heterocycles. The number of hydrogen-bond donors (Lipinski definition) is 0. The molecular formula is C14H16O3. The van der Waals surface area contributed by atoms with Crippen molar-refractivity contribution >= 4 is 16.8 Å². The zero-order valence-electron chi connectivity index (χ0n) is 10.3. The van der Waals surface area contributed by atoms with Crippen LogP contribution in [0.15, 0.2) is 28.9 Å². The first-order valence-corrected chi connectivity index (χ1v) is 5.67. The maximum absolute atomic E-state index is 11.3. The van der Waals surface area contributed by atoms with Gasteiger partial charge in [-0.2, -0.15) is 0 Å². The minimum absolute atomic E-state index is 0.0157. The highest BCUT2D eigenvalue weighted by Gasteiger charge is 2.14. The molecule has 0 amide bonds. The molecule has 0 unspecified atom stereocenters. The molecule has 2 aromatic rings.